The van der Waals surface area contributed by atoms with Crippen LogP contribution in [-0.4, -0.2) is 183 Å². The first-order chi connectivity index (χ1) is 52.2. The van der Waals surface area contributed by atoms with Gasteiger partial charge in [0.15, 0.2) is 47.2 Å². The molecule has 0 radical (unpaired) electrons. The Morgan fingerprint density at radius 1 is 0.536 bits per heavy atom. The Bertz CT molecular complexity index is 4380. The number of nitro benzene ring substituents is 1. The van der Waals surface area contributed by atoms with Crippen LogP contribution in [0.25, 0.3) is 16.7 Å². The number of quaternary nitrogens is 1. The lowest BCUT2D eigenvalue weighted by Gasteiger charge is -2.26. The molecule has 0 saturated carbocycles. The molecule has 24 nitrogen and oxygen atoms in total. The number of nitrogens with zero attached hydrogens (tertiary/aromatic N) is 4. The summed E-state index contributed by atoms with van der Waals surface area (Å²) in [6.07, 6.45) is -14.1. The predicted molar refractivity (Wildman–Crippen MR) is 363 cm³/mol. The molecule has 39 heteroatoms. The van der Waals surface area contributed by atoms with Gasteiger partial charge in [-0.15, -0.1) is 0 Å². The zero-order valence-corrected chi connectivity index (χ0v) is 58.8. The van der Waals surface area contributed by atoms with E-state index in [0.717, 1.165) is 61.4 Å². The molecule has 0 aromatic heterocycles. The first-order valence-electron chi connectivity index (χ1n) is 32.5. The van der Waals surface area contributed by atoms with Crippen LogP contribution in [0.1, 0.15) is 92.0 Å². The average molecular weight is 1600 g/mol. The number of benzene rings is 6. The topological polar surface area (TPSA) is 354 Å². The van der Waals surface area contributed by atoms with E-state index < -0.39 is 181 Å². The van der Waals surface area contributed by atoms with Gasteiger partial charge in [0.25, 0.3) is 11.6 Å². The number of phenols is 1. The number of alkyl halides is 9. The molecule has 5 amide bonds. The largest absolute Gasteiger partial charge is 0.507 e. The minimum Gasteiger partial charge on any atom is -0.507 e. The maximum atomic E-state index is 14.0. The van der Waals surface area contributed by atoms with E-state index in [1.807, 2.05) is 0 Å². The summed E-state index contributed by atoms with van der Waals surface area (Å²) in [4.78, 5) is 128. The van der Waals surface area contributed by atoms with Crippen LogP contribution in [0, 0.1) is 58.9 Å². The van der Waals surface area contributed by atoms with Crippen LogP contribution < -0.4 is 16.4 Å². The number of carboxylic acids is 2. The van der Waals surface area contributed by atoms with E-state index in [9.17, 15) is 134 Å². The number of rotatable bonds is 17. The molecule has 0 bridgehead atoms. The molecule has 6 aromatic carbocycles. The van der Waals surface area contributed by atoms with Gasteiger partial charge in [0, 0.05) is 68.7 Å². The van der Waals surface area contributed by atoms with E-state index in [-0.39, 0.29) is 80.8 Å². The van der Waals surface area contributed by atoms with Gasteiger partial charge in [0.2, 0.25) is 35.8 Å². The number of hydrogen-bond acceptors (Lipinski definition) is 15. The minimum atomic E-state index is -4.67. The van der Waals surface area contributed by atoms with Gasteiger partial charge in [-0.2, -0.15) is 39.5 Å². The highest BCUT2D eigenvalue weighted by molar-refractivity contribution is 5.96. The Morgan fingerprint density at radius 2 is 0.857 bits per heavy atom. The third-order valence-corrected chi connectivity index (χ3v) is 15.7. The molecule has 4 unspecified atom stereocenters. The quantitative estimate of drug-likeness (QED) is 0.0162. The van der Waals surface area contributed by atoms with E-state index in [0.29, 0.717) is 21.0 Å². The third kappa shape index (κ3) is 27.3. The molecule has 9 rings (SSSR count). The van der Waals surface area contributed by atoms with Crippen molar-refractivity contribution in [1.82, 2.24) is 25.3 Å². The summed E-state index contributed by atoms with van der Waals surface area (Å²) in [5.41, 5.74) is 4.66. The number of esters is 2. The summed E-state index contributed by atoms with van der Waals surface area (Å²) in [7, 11) is 0. The minimum absolute atomic E-state index is 0.0332. The number of aldehydes is 1. The fourth-order valence-corrected chi connectivity index (χ4v) is 10.5. The van der Waals surface area contributed by atoms with Crippen LogP contribution >= 0.6 is 0 Å². The molecule has 112 heavy (non-hydrogen) atoms. The number of non-ortho nitro benzene ring substituents is 1. The van der Waals surface area contributed by atoms with E-state index in [1.54, 1.807) is 38.1 Å². The van der Waals surface area contributed by atoms with Crippen LogP contribution in [0.2, 0.25) is 0 Å². The molecule has 6 aromatic rings. The van der Waals surface area contributed by atoms with Crippen LogP contribution in [0.15, 0.2) is 140 Å². The number of carbonyl (C=O) groups is 10. The van der Waals surface area contributed by atoms with Crippen molar-refractivity contribution in [3.8, 4) is 5.75 Å². The normalized spacial score (nSPS) is 16.4. The predicted octanol–water partition coefficient (Wildman–Crippen LogP) is 10.4. The van der Waals surface area contributed by atoms with Crippen LogP contribution in [-0.2, 0) is 43.0 Å². The fraction of sp³-hybridized carbons (Fsp3) is 0.288. The van der Waals surface area contributed by atoms with Crippen molar-refractivity contribution in [2.75, 3.05) is 39.3 Å². The number of phenolic OH excluding ortho intramolecular Hbond substituents is 1. The number of hydrogen-bond donors (Lipinski definition) is 6. The highest BCUT2D eigenvalue weighted by Gasteiger charge is 2.43. The van der Waals surface area contributed by atoms with E-state index >= 15 is 0 Å². The molecule has 3 aliphatic heterocycles. The second-order valence-corrected chi connectivity index (χ2v) is 24.5. The molecule has 600 valence electrons. The van der Waals surface area contributed by atoms with Gasteiger partial charge in [0.1, 0.15) is 37.5 Å². The van der Waals surface area contributed by atoms with Crippen molar-refractivity contribution in [2.24, 2.45) is 0 Å². The molecule has 0 saturated heterocycles. The first-order valence-corrected chi connectivity index (χ1v) is 32.5. The van der Waals surface area contributed by atoms with Crippen molar-refractivity contribution >= 4 is 82.1 Å². The van der Waals surface area contributed by atoms with Gasteiger partial charge in [-0.1, -0.05) is 90.0 Å². The summed E-state index contributed by atoms with van der Waals surface area (Å²) in [5, 5.41) is 42.3. The molecule has 0 aliphatic carbocycles. The van der Waals surface area contributed by atoms with Gasteiger partial charge >= 0.3 is 42.4 Å². The molecule has 5 atom stereocenters. The first kappa shape index (κ1) is 90.2. The summed E-state index contributed by atoms with van der Waals surface area (Å²) < 4.78 is 206. The standard InChI is InChI=1S/C20H18O8.2C16H15F5N2O2.C14H13F5N2O.C7H5NO4/c1-11-3-7-13(8-4-11)19(25)27-15(17(21)22)16(18(23)24)28-20(26)14-9-5-12(2)6-10-14;2*1-9(24)22-13-6-5-10(11-3-2-4-12(17)14(11)18)7-23(15(13)25)8-16(19,20)21;15-10-3-1-2-9(12(10)16)8-4-5-11(20)13(22)21(6-8)7-14(17,18)19;9-4-5-3-6(8(11)12)1-2-7(5)10/h3-10,15-16H,1-2H3,(H,21,22)(H,23,24);2*2-5,13H,6-8H2,1H3,(H,22,24);1-4,11H,5-7,20H2;1-4,10H/p+1/t;;;11-;/m...0./s1. The van der Waals surface area contributed by atoms with E-state index in [4.69, 9.17) is 14.6 Å². The molecule has 8 N–H and O–H groups in total. The monoisotopic (exact) mass is 1600 g/mol. The number of amides is 5. The maximum absolute atomic E-state index is 14.0. The highest BCUT2D eigenvalue weighted by atomic mass is 19.4. The van der Waals surface area contributed by atoms with Crippen LogP contribution in [0.5, 0.6) is 5.75 Å². The van der Waals surface area contributed by atoms with Gasteiger partial charge in [0.05, 0.1) is 21.6 Å². The maximum Gasteiger partial charge on any atom is 0.406 e. The lowest BCUT2D eigenvalue weighted by atomic mass is 10.0. The van der Waals surface area contributed by atoms with Crippen molar-refractivity contribution in [2.45, 2.75) is 95.8 Å². The number of aliphatic carboxylic acids is 2. The van der Waals surface area contributed by atoms with E-state index in [2.05, 4.69) is 16.4 Å². The number of aromatic hydroxyl groups is 1. The number of nitro groups is 1. The number of carboxylic acid groups (broad SMARTS) is 2. The molecular weight excluding hydrogens is 1530 g/mol. The number of halogens is 15. The number of aryl methyl sites for hydroxylation is 2. The molecular formula is C73H67F15N7O17+. The summed E-state index contributed by atoms with van der Waals surface area (Å²) in [6, 6.07) is 22.1. The Labute approximate surface area is 624 Å². The summed E-state index contributed by atoms with van der Waals surface area (Å²) >= 11 is 0. The van der Waals surface area contributed by atoms with Crippen LogP contribution in [0.3, 0.4) is 0 Å². The lowest BCUT2D eigenvalue weighted by molar-refractivity contribution is -0.404. The van der Waals surface area contributed by atoms with Crippen molar-refractivity contribution in [3.63, 3.8) is 0 Å². The molecule has 0 fully saturated rings. The lowest BCUT2D eigenvalue weighted by Crippen LogP contribution is -2.67. The van der Waals surface area contributed by atoms with Gasteiger partial charge < -0.3 is 55.9 Å². The summed E-state index contributed by atoms with van der Waals surface area (Å²) in [5.74, 6) is -16.6. The smallest absolute Gasteiger partial charge is 0.406 e. The Kier molecular flexibility index (Phi) is 32.0. The van der Waals surface area contributed by atoms with Gasteiger partial charge in [-0.25, -0.2) is 45.5 Å². The van der Waals surface area contributed by atoms with E-state index in [1.165, 1.54) is 78.9 Å². The number of nitrogens with one attached hydrogen (secondary N) is 2. The van der Waals surface area contributed by atoms with Crippen molar-refractivity contribution < 1.29 is 149 Å². The second-order valence-electron chi connectivity index (χ2n) is 24.5. The number of ether oxygens (including phenoxy) is 2. The third-order valence-electron chi connectivity index (χ3n) is 15.7. The molecule has 0 spiro atoms. The SMILES string of the molecule is CC(=O)NC1CC=C(c2cccc(F)c2F)CN(CC(F)(F)F)C1=O.CC(=O)NC1CC=C(c2cccc(F)c2F)CN(CC(F)(F)F)C1=O.Cc1ccc(C(=O)OC(C(=O)O)C(OC(=O)c2ccc(C)cc2)C(=O)O)cc1.O=Cc1cc([N+](=O)[O-])ccc1O.[NH3+][C@H]1CC=C(c2cccc(F)c2F)CN(CC(F)(F)F)C1=O. The zero-order chi connectivity index (χ0) is 84.0. The fourth-order valence-electron chi connectivity index (χ4n) is 10.5. The summed E-state index contributed by atoms with van der Waals surface area (Å²) in [6.45, 7) is -0.264. The second kappa shape index (κ2) is 39.8. The Morgan fingerprint density at radius 3 is 1.15 bits per heavy atom. The number of carbonyl (C=O) groups excluding carboxylic acids is 8. The molecule has 3 aliphatic rings. The van der Waals surface area contributed by atoms with Crippen LogP contribution in [0.4, 0.5) is 71.5 Å². The van der Waals surface area contributed by atoms with Gasteiger partial charge in [-0.3, -0.25) is 38.9 Å². The van der Waals surface area contributed by atoms with Crippen molar-refractivity contribution in [3.05, 3.63) is 229 Å². The van der Waals surface area contributed by atoms with Gasteiger partial charge in [-0.05, 0) is 91.9 Å². The highest BCUT2D eigenvalue weighted by Crippen LogP contribution is 2.32. The molecule has 3 heterocycles. The Hall–Kier alpha value is -12.5. The zero-order valence-electron chi connectivity index (χ0n) is 58.8. The van der Waals surface area contributed by atoms with Crippen molar-refractivity contribution in [1.29, 1.82) is 0 Å². The average Bonchev–Trinajstić information content (AvgIpc) is 1.74. The Balaban J connectivity index is 0.000000255.